The number of rotatable bonds is 6. The quantitative estimate of drug-likeness (QED) is 0.552. The average molecular weight is 416 g/mol. The van der Waals surface area contributed by atoms with Gasteiger partial charge in [0.2, 0.25) is 5.91 Å². The van der Waals surface area contributed by atoms with Gasteiger partial charge in [0.25, 0.3) is 15.7 Å². The van der Waals surface area contributed by atoms with Gasteiger partial charge in [-0.25, -0.2) is 8.42 Å². The van der Waals surface area contributed by atoms with Crippen molar-refractivity contribution in [2.24, 2.45) is 10.9 Å². The second-order valence-corrected chi connectivity index (χ2v) is 8.36. The van der Waals surface area contributed by atoms with Gasteiger partial charge in [-0.2, -0.15) is 0 Å². The molecule has 152 valence electrons. The van der Waals surface area contributed by atoms with Crippen molar-refractivity contribution in [2.75, 3.05) is 5.32 Å². The first-order valence-electron chi connectivity index (χ1n) is 8.98. The van der Waals surface area contributed by atoms with Gasteiger partial charge < -0.3 is 5.32 Å². The van der Waals surface area contributed by atoms with Crippen LogP contribution in [0.4, 0.5) is 11.4 Å². The lowest BCUT2D eigenvalue weighted by Crippen LogP contribution is -2.34. The molecule has 1 heterocycles. The summed E-state index contributed by atoms with van der Waals surface area (Å²) in [6.45, 7) is 3.72. The average Bonchev–Trinajstić information content (AvgIpc) is 2.96. The zero-order valence-corrected chi connectivity index (χ0v) is 16.6. The summed E-state index contributed by atoms with van der Waals surface area (Å²) in [4.78, 5) is 27.8. The standard InChI is InChI=1S/C19H20N4O5S/c1-3-12(2)17(19(24)20-13-7-6-8-14(11-13)23(25)26)21-18-15-9-4-5-10-16(15)29(27,28)22-18/h4-12,17H,3H2,1-2H3,(H,20,24)(H,21,22)/t12-,17-/m0/s1. The van der Waals surface area contributed by atoms with Crippen molar-refractivity contribution in [3.8, 4) is 0 Å². The minimum Gasteiger partial charge on any atom is -0.324 e. The van der Waals surface area contributed by atoms with Crippen LogP contribution < -0.4 is 10.0 Å². The van der Waals surface area contributed by atoms with Crippen LogP contribution in [0.1, 0.15) is 25.8 Å². The van der Waals surface area contributed by atoms with Crippen LogP contribution in [-0.2, 0) is 14.8 Å². The molecule has 2 aromatic rings. The molecule has 0 unspecified atom stereocenters. The molecule has 2 atom stereocenters. The van der Waals surface area contributed by atoms with Crippen molar-refractivity contribution >= 4 is 33.1 Å². The van der Waals surface area contributed by atoms with E-state index in [0.717, 1.165) is 0 Å². The molecule has 0 bridgehead atoms. The molecule has 9 nitrogen and oxygen atoms in total. The number of nitro benzene ring substituents is 1. The van der Waals surface area contributed by atoms with Gasteiger partial charge in [0.15, 0.2) is 0 Å². The topological polar surface area (TPSA) is 131 Å². The number of non-ortho nitro benzene ring substituents is 1. The summed E-state index contributed by atoms with van der Waals surface area (Å²) in [5.41, 5.74) is 0.528. The second-order valence-electron chi connectivity index (χ2n) is 6.71. The van der Waals surface area contributed by atoms with E-state index in [-0.39, 0.29) is 28.0 Å². The summed E-state index contributed by atoms with van der Waals surface area (Å²) in [5, 5.41) is 13.6. The van der Waals surface area contributed by atoms with Gasteiger partial charge in [0.1, 0.15) is 11.9 Å². The number of nitrogens with zero attached hydrogens (tertiary/aromatic N) is 2. The highest BCUT2D eigenvalue weighted by atomic mass is 32.2. The molecule has 0 fully saturated rings. The number of benzene rings is 2. The SMILES string of the molecule is CC[C@H](C)[C@H](N=C1NS(=O)(=O)c2ccccc21)C(=O)Nc1cccc([N+](=O)[O-])c1. The van der Waals surface area contributed by atoms with Crippen molar-refractivity contribution in [3.05, 3.63) is 64.2 Å². The fourth-order valence-corrected chi connectivity index (χ4v) is 4.19. The van der Waals surface area contributed by atoms with Gasteiger partial charge in [-0.1, -0.05) is 38.5 Å². The monoisotopic (exact) mass is 416 g/mol. The first-order chi connectivity index (χ1) is 13.7. The number of fused-ring (bicyclic) bond motifs is 1. The molecular formula is C19H20N4O5S. The first kappa shape index (κ1) is 20.5. The van der Waals surface area contributed by atoms with E-state index in [1.165, 1.54) is 24.3 Å². The molecule has 10 heteroatoms. The number of hydrogen-bond acceptors (Lipinski definition) is 6. The number of amides is 1. The number of anilines is 1. The van der Waals surface area contributed by atoms with Crippen LogP contribution in [0.2, 0.25) is 0 Å². The molecule has 2 aromatic carbocycles. The van der Waals surface area contributed by atoms with Crippen LogP contribution in [0.5, 0.6) is 0 Å². The smallest absolute Gasteiger partial charge is 0.271 e. The lowest BCUT2D eigenvalue weighted by atomic mass is 9.98. The summed E-state index contributed by atoms with van der Waals surface area (Å²) >= 11 is 0. The van der Waals surface area contributed by atoms with E-state index < -0.39 is 26.9 Å². The molecule has 0 saturated heterocycles. The summed E-state index contributed by atoms with van der Waals surface area (Å²) in [6.07, 6.45) is 0.623. The fourth-order valence-electron chi connectivity index (χ4n) is 2.95. The number of carbonyl (C=O) groups excluding carboxylic acids is 1. The maximum absolute atomic E-state index is 12.9. The van der Waals surface area contributed by atoms with E-state index in [9.17, 15) is 23.3 Å². The summed E-state index contributed by atoms with van der Waals surface area (Å²) in [7, 11) is -3.72. The highest BCUT2D eigenvalue weighted by Gasteiger charge is 2.33. The second kappa shape index (κ2) is 8.00. The lowest BCUT2D eigenvalue weighted by Gasteiger charge is -2.19. The highest BCUT2D eigenvalue weighted by Crippen LogP contribution is 2.25. The van der Waals surface area contributed by atoms with Gasteiger partial charge in [-0.3, -0.25) is 24.6 Å². The van der Waals surface area contributed by atoms with Gasteiger partial charge in [0.05, 0.1) is 9.82 Å². The molecule has 29 heavy (non-hydrogen) atoms. The Hall–Kier alpha value is -3.27. The Bertz CT molecular complexity index is 1100. The minimum atomic E-state index is -3.72. The lowest BCUT2D eigenvalue weighted by molar-refractivity contribution is -0.384. The van der Waals surface area contributed by atoms with Crippen molar-refractivity contribution in [2.45, 2.75) is 31.2 Å². The molecule has 1 aliphatic heterocycles. The fraction of sp³-hybridized carbons (Fsp3) is 0.263. The molecule has 2 N–H and O–H groups in total. The van der Waals surface area contributed by atoms with Crippen molar-refractivity contribution < 1.29 is 18.1 Å². The molecule has 1 aliphatic rings. The number of carbonyl (C=O) groups is 1. The maximum atomic E-state index is 12.9. The van der Waals surface area contributed by atoms with Gasteiger partial charge >= 0.3 is 0 Å². The molecule has 0 saturated carbocycles. The van der Waals surface area contributed by atoms with Crippen molar-refractivity contribution in [3.63, 3.8) is 0 Å². The zero-order chi connectivity index (χ0) is 21.2. The van der Waals surface area contributed by atoms with E-state index in [1.807, 2.05) is 13.8 Å². The van der Waals surface area contributed by atoms with Crippen LogP contribution in [0.3, 0.4) is 0 Å². The Morgan fingerprint density at radius 3 is 2.66 bits per heavy atom. The summed E-state index contributed by atoms with van der Waals surface area (Å²) in [5.74, 6) is -0.561. The molecule has 0 spiro atoms. The van der Waals surface area contributed by atoms with Gasteiger partial charge in [-0.15, -0.1) is 0 Å². The van der Waals surface area contributed by atoms with E-state index >= 15 is 0 Å². The normalized spacial score (nSPS) is 17.8. The Labute approximate surface area is 168 Å². The van der Waals surface area contributed by atoms with E-state index in [1.54, 1.807) is 24.3 Å². The van der Waals surface area contributed by atoms with Gasteiger partial charge in [-0.05, 0) is 24.1 Å². The minimum absolute atomic E-state index is 0.111. The highest BCUT2D eigenvalue weighted by molar-refractivity contribution is 7.90. The Kier molecular flexibility index (Phi) is 5.64. The molecule has 0 radical (unpaired) electrons. The van der Waals surface area contributed by atoms with Crippen molar-refractivity contribution in [1.29, 1.82) is 0 Å². The molecular weight excluding hydrogens is 396 g/mol. The predicted octanol–water partition coefficient (Wildman–Crippen LogP) is 2.69. The third-order valence-electron chi connectivity index (χ3n) is 4.71. The Morgan fingerprint density at radius 2 is 1.97 bits per heavy atom. The van der Waals surface area contributed by atoms with Crippen LogP contribution >= 0.6 is 0 Å². The van der Waals surface area contributed by atoms with Crippen LogP contribution in [0.15, 0.2) is 58.4 Å². The largest absolute Gasteiger partial charge is 0.324 e. The number of nitrogens with one attached hydrogen (secondary N) is 2. The number of sulfonamides is 1. The van der Waals surface area contributed by atoms with Crippen molar-refractivity contribution in [1.82, 2.24) is 4.72 Å². The van der Waals surface area contributed by atoms with Gasteiger partial charge in [0, 0.05) is 23.4 Å². The molecule has 1 amide bonds. The summed E-state index contributed by atoms with van der Waals surface area (Å²) < 4.78 is 27.0. The van der Waals surface area contributed by atoms with E-state index in [2.05, 4.69) is 15.0 Å². The molecule has 0 aliphatic carbocycles. The van der Waals surface area contributed by atoms with E-state index in [4.69, 9.17) is 0 Å². The Balaban J connectivity index is 1.93. The predicted molar refractivity (Wildman–Crippen MR) is 108 cm³/mol. The maximum Gasteiger partial charge on any atom is 0.271 e. The third kappa shape index (κ3) is 4.27. The number of hydrogen-bond donors (Lipinski definition) is 2. The third-order valence-corrected chi connectivity index (χ3v) is 6.10. The first-order valence-corrected chi connectivity index (χ1v) is 10.5. The molecule has 3 rings (SSSR count). The van der Waals surface area contributed by atoms with Crippen LogP contribution in [-0.4, -0.2) is 31.1 Å². The summed E-state index contributed by atoms with van der Waals surface area (Å²) in [6, 6.07) is 11.1. The zero-order valence-electron chi connectivity index (χ0n) is 15.8. The Morgan fingerprint density at radius 1 is 1.24 bits per heavy atom. The number of nitro groups is 1. The number of amidine groups is 1. The molecule has 0 aromatic heterocycles. The number of aliphatic imine (C=N–C) groups is 1. The van der Waals surface area contributed by atoms with Crippen LogP contribution in [0.25, 0.3) is 0 Å². The van der Waals surface area contributed by atoms with E-state index in [0.29, 0.717) is 12.0 Å². The van der Waals surface area contributed by atoms with Crippen LogP contribution in [0, 0.1) is 16.0 Å².